The van der Waals surface area contributed by atoms with Gasteiger partial charge in [-0.3, -0.25) is 4.79 Å². The van der Waals surface area contributed by atoms with Crippen molar-refractivity contribution >= 4 is 27.6 Å². The number of carbonyl (C=O) groups excluding carboxylic acids is 1. The number of nitrogens with zero attached hydrogens (tertiary/aromatic N) is 1. The van der Waals surface area contributed by atoms with Gasteiger partial charge in [0.15, 0.2) is 6.20 Å². The number of hydrogen-bond acceptors (Lipinski definition) is 1. The molecule has 2 aromatic carbocycles. The fourth-order valence-corrected chi connectivity index (χ4v) is 7.48. The van der Waals surface area contributed by atoms with Gasteiger partial charge in [0, 0.05) is 22.9 Å². The number of carbonyl (C=O) groups is 1. The molecule has 154 valence electrons. The van der Waals surface area contributed by atoms with Crippen LogP contribution in [0, 0.1) is 23.2 Å². The van der Waals surface area contributed by atoms with E-state index in [0.29, 0.717) is 12.0 Å². The summed E-state index contributed by atoms with van der Waals surface area (Å²) in [4.78, 5) is 13.2. The summed E-state index contributed by atoms with van der Waals surface area (Å²) >= 11 is 0. The molecule has 4 bridgehead atoms. The van der Waals surface area contributed by atoms with Crippen molar-refractivity contribution < 1.29 is 9.36 Å². The largest absolute Gasteiger partial charge is 0.348 e. The highest BCUT2D eigenvalue weighted by Gasteiger charge is 2.53. The number of nitrogens with one attached hydrogen (secondary N) is 1. The zero-order chi connectivity index (χ0) is 20.3. The Balaban J connectivity index is 1.26. The maximum absolute atomic E-state index is 13.2. The molecular weight excluding hydrogens is 368 g/mol. The molecule has 7 rings (SSSR count). The van der Waals surface area contributed by atoms with E-state index in [1.54, 1.807) is 0 Å². The number of pyridine rings is 1. The average Bonchev–Trinajstić information content (AvgIpc) is 2.73. The molecule has 30 heavy (non-hydrogen) atoms. The molecule has 1 aromatic heterocycles. The molecule has 1 unspecified atom stereocenters. The molecule has 4 saturated carbocycles. The number of rotatable bonds is 4. The monoisotopic (exact) mass is 399 g/mol. The van der Waals surface area contributed by atoms with E-state index in [4.69, 9.17) is 0 Å². The first-order valence-electron chi connectivity index (χ1n) is 11.7. The molecule has 1 atom stereocenters. The van der Waals surface area contributed by atoms with Crippen LogP contribution in [0.3, 0.4) is 0 Å². The summed E-state index contributed by atoms with van der Waals surface area (Å²) in [6.07, 6.45) is 10.4. The van der Waals surface area contributed by atoms with Crippen molar-refractivity contribution in [3.8, 4) is 0 Å². The quantitative estimate of drug-likeness (QED) is 0.486. The lowest BCUT2D eigenvalue weighted by Gasteiger charge is -2.59. The van der Waals surface area contributed by atoms with Crippen LogP contribution in [0.25, 0.3) is 21.7 Å². The van der Waals surface area contributed by atoms with Gasteiger partial charge < -0.3 is 5.32 Å². The van der Waals surface area contributed by atoms with E-state index in [1.165, 1.54) is 54.7 Å². The van der Waals surface area contributed by atoms with Gasteiger partial charge in [-0.15, -0.1) is 0 Å². The van der Waals surface area contributed by atoms with Crippen LogP contribution in [0.5, 0.6) is 0 Å². The van der Waals surface area contributed by atoms with Crippen molar-refractivity contribution in [3.63, 3.8) is 0 Å². The van der Waals surface area contributed by atoms with Crippen molar-refractivity contribution in [1.29, 1.82) is 0 Å². The highest BCUT2D eigenvalue weighted by atomic mass is 16.2. The van der Waals surface area contributed by atoms with Gasteiger partial charge in [0.1, 0.15) is 0 Å². The van der Waals surface area contributed by atoms with Gasteiger partial charge in [0.2, 0.25) is 12.1 Å². The minimum absolute atomic E-state index is 0.142. The van der Waals surface area contributed by atoms with E-state index >= 15 is 0 Å². The lowest BCUT2D eigenvalue weighted by Crippen LogP contribution is -2.57. The summed E-state index contributed by atoms with van der Waals surface area (Å²) in [5, 5.41) is 7.07. The first-order chi connectivity index (χ1) is 14.6. The van der Waals surface area contributed by atoms with Crippen molar-refractivity contribution in [2.24, 2.45) is 23.2 Å². The first kappa shape index (κ1) is 18.4. The van der Waals surface area contributed by atoms with Gasteiger partial charge in [0.25, 0.3) is 5.91 Å². The van der Waals surface area contributed by atoms with Crippen LogP contribution in [0.15, 0.2) is 54.7 Å². The smallest absolute Gasteiger partial charge is 0.286 e. The number of hydrogen-bond donors (Lipinski definition) is 1. The summed E-state index contributed by atoms with van der Waals surface area (Å²) in [5.74, 6) is 2.88. The third-order valence-corrected chi connectivity index (χ3v) is 8.45. The van der Waals surface area contributed by atoms with Crippen molar-refractivity contribution in [2.45, 2.75) is 58.0 Å². The second-order valence-corrected chi connectivity index (χ2v) is 10.4. The number of amides is 1. The molecular formula is C27H31N2O+. The van der Waals surface area contributed by atoms with Crippen LogP contribution in [0.1, 0.15) is 45.4 Å². The highest BCUT2D eigenvalue weighted by molar-refractivity contribution is 6.03. The lowest BCUT2D eigenvalue weighted by molar-refractivity contribution is -0.657. The third-order valence-electron chi connectivity index (χ3n) is 8.45. The molecule has 0 radical (unpaired) electrons. The fourth-order valence-electron chi connectivity index (χ4n) is 7.48. The normalized spacial score (nSPS) is 30.6. The van der Waals surface area contributed by atoms with Crippen LogP contribution in [0.2, 0.25) is 0 Å². The standard InChI is InChI=1S/C27H30N2O/c1-18(27-13-19-10-20(14-27)12-21(11-19)15-27)28-26(30)17-29-16-22-6-2-3-7-23(22)24-8-4-5-9-25(24)29/h2-9,16,18-21H,10-15,17H2,1H3/p+1. The Morgan fingerprint density at radius 3 is 2.27 bits per heavy atom. The number of para-hydroxylation sites is 1. The molecule has 1 amide bonds. The molecule has 3 heteroatoms. The van der Waals surface area contributed by atoms with Crippen LogP contribution in [0.4, 0.5) is 0 Å². The van der Waals surface area contributed by atoms with Crippen LogP contribution in [-0.4, -0.2) is 11.9 Å². The number of benzene rings is 2. The second-order valence-electron chi connectivity index (χ2n) is 10.4. The number of fused-ring (bicyclic) bond motifs is 3. The molecule has 3 nitrogen and oxygen atoms in total. The van der Waals surface area contributed by atoms with Crippen LogP contribution >= 0.6 is 0 Å². The van der Waals surface area contributed by atoms with Gasteiger partial charge in [-0.1, -0.05) is 30.3 Å². The Morgan fingerprint density at radius 2 is 1.57 bits per heavy atom. The van der Waals surface area contributed by atoms with E-state index in [0.717, 1.165) is 23.3 Å². The topological polar surface area (TPSA) is 33.0 Å². The number of aromatic nitrogens is 1. The van der Waals surface area contributed by atoms with Crippen molar-refractivity contribution in [1.82, 2.24) is 5.32 Å². The molecule has 0 spiro atoms. The van der Waals surface area contributed by atoms with Gasteiger partial charge in [0.05, 0.1) is 5.39 Å². The SMILES string of the molecule is CC(NC(=O)C[n+]1cc2ccccc2c2ccccc21)C12CC3CC(CC(C3)C1)C2. The van der Waals surface area contributed by atoms with Gasteiger partial charge in [-0.05, 0) is 80.8 Å². The van der Waals surface area contributed by atoms with Crippen LogP contribution < -0.4 is 9.88 Å². The summed E-state index contributed by atoms with van der Waals surface area (Å²) in [5.41, 5.74) is 1.47. The fraction of sp³-hybridized carbons (Fsp3) is 0.481. The minimum atomic E-state index is 0.142. The minimum Gasteiger partial charge on any atom is -0.348 e. The zero-order valence-corrected chi connectivity index (χ0v) is 17.8. The molecule has 4 aliphatic rings. The molecule has 1 heterocycles. The van der Waals surface area contributed by atoms with Crippen molar-refractivity contribution in [3.05, 3.63) is 54.7 Å². The van der Waals surface area contributed by atoms with Gasteiger partial charge >= 0.3 is 0 Å². The van der Waals surface area contributed by atoms with E-state index < -0.39 is 0 Å². The first-order valence-corrected chi connectivity index (χ1v) is 11.7. The van der Waals surface area contributed by atoms with E-state index in [9.17, 15) is 4.79 Å². The molecule has 3 aromatic rings. The Kier molecular flexibility index (Phi) is 4.16. The zero-order valence-electron chi connectivity index (χ0n) is 17.8. The summed E-state index contributed by atoms with van der Waals surface area (Å²) in [6.45, 7) is 2.65. The highest BCUT2D eigenvalue weighted by Crippen LogP contribution is 2.61. The summed E-state index contributed by atoms with van der Waals surface area (Å²) in [6, 6.07) is 17.1. The maximum atomic E-state index is 13.2. The van der Waals surface area contributed by atoms with E-state index in [2.05, 4.69) is 71.5 Å². The summed E-state index contributed by atoms with van der Waals surface area (Å²) in [7, 11) is 0. The molecule has 4 aliphatic carbocycles. The predicted molar refractivity (Wildman–Crippen MR) is 120 cm³/mol. The molecule has 0 saturated heterocycles. The lowest BCUT2D eigenvalue weighted by atomic mass is 9.48. The Morgan fingerprint density at radius 1 is 0.967 bits per heavy atom. The molecule has 1 N–H and O–H groups in total. The third kappa shape index (κ3) is 2.93. The maximum Gasteiger partial charge on any atom is 0.286 e. The van der Waals surface area contributed by atoms with Crippen molar-refractivity contribution in [2.75, 3.05) is 0 Å². The molecule has 0 aliphatic heterocycles. The van der Waals surface area contributed by atoms with Gasteiger partial charge in [-0.2, -0.15) is 4.57 Å². The second kappa shape index (κ2) is 6.80. The van der Waals surface area contributed by atoms with E-state index in [1.807, 2.05) is 0 Å². The van der Waals surface area contributed by atoms with Crippen LogP contribution in [-0.2, 0) is 11.3 Å². The van der Waals surface area contributed by atoms with Gasteiger partial charge in [-0.25, -0.2) is 0 Å². The Labute approximate surface area is 178 Å². The van der Waals surface area contributed by atoms with E-state index in [-0.39, 0.29) is 11.9 Å². The molecule has 4 fully saturated rings. The Bertz CT molecular complexity index is 1100. The Hall–Kier alpha value is -2.42. The summed E-state index contributed by atoms with van der Waals surface area (Å²) < 4.78 is 2.12. The predicted octanol–water partition coefficient (Wildman–Crippen LogP) is 5.00. The average molecular weight is 400 g/mol.